The lowest BCUT2D eigenvalue weighted by molar-refractivity contribution is -0.124. The van der Waals surface area contributed by atoms with E-state index in [9.17, 15) is 9.59 Å². The molecule has 0 bridgehead atoms. The molecule has 1 N–H and O–H groups in total. The highest BCUT2D eigenvalue weighted by molar-refractivity contribution is 5.83. The Kier molecular flexibility index (Phi) is 6.08. The maximum atomic E-state index is 11.3. The van der Waals surface area contributed by atoms with E-state index in [4.69, 9.17) is 4.74 Å². The molecule has 92 valence electrons. The van der Waals surface area contributed by atoms with Gasteiger partial charge in [-0.1, -0.05) is 0 Å². The van der Waals surface area contributed by atoms with Gasteiger partial charge >= 0.3 is 0 Å². The minimum atomic E-state index is -0.0118. The number of hydrogen-bond donors (Lipinski definition) is 1. The first-order valence-electron chi connectivity index (χ1n) is 6.02. The standard InChI is InChI=1S/C12H21NO3/c1-10(14)2-3-12(15)13-7-4-11-5-8-16-9-6-11/h11H,2-9H2,1H3,(H,13,15). The van der Waals surface area contributed by atoms with Gasteiger partial charge < -0.3 is 14.8 Å². The van der Waals surface area contributed by atoms with Crippen molar-refractivity contribution < 1.29 is 14.3 Å². The fourth-order valence-electron chi connectivity index (χ4n) is 1.83. The van der Waals surface area contributed by atoms with Gasteiger partial charge in [-0.2, -0.15) is 0 Å². The molecule has 0 unspecified atom stereocenters. The van der Waals surface area contributed by atoms with Crippen molar-refractivity contribution in [1.82, 2.24) is 5.32 Å². The van der Waals surface area contributed by atoms with Crippen LogP contribution in [-0.2, 0) is 14.3 Å². The molecule has 0 aromatic carbocycles. The predicted molar refractivity (Wildman–Crippen MR) is 61.1 cm³/mol. The van der Waals surface area contributed by atoms with Crippen LogP contribution in [0.5, 0.6) is 0 Å². The zero-order valence-corrected chi connectivity index (χ0v) is 9.96. The molecule has 16 heavy (non-hydrogen) atoms. The number of ketones is 1. The molecule has 0 aromatic rings. The Bertz CT molecular complexity index is 234. The maximum absolute atomic E-state index is 11.3. The lowest BCUT2D eigenvalue weighted by Crippen LogP contribution is -2.27. The molecule has 1 aliphatic heterocycles. The summed E-state index contributed by atoms with van der Waals surface area (Å²) in [5.74, 6) is 0.740. The summed E-state index contributed by atoms with van der Waals surface area (Å²) in [6.07, 6.45) is 3.90. The van der Waals surface area contributed by atoms with Crippen molar-refractivity contribution in [2.45, 2.75) is 39.0 Å². The first-order valence-corrected chi connectivity index (χ1v) is 6.02. The molecule has 1 heterocycles. The molecule has 0 radical (unpaired) electrons. The normalized spacial score (nSPS) is 17.1. The third-order valence-corrected chi connectivity index (χ3v) is 2.92. The first kappa shape index (κ1) is 13.2. The third-order valence-electron chi connectivity index (χ3n) is 2.92. The molecule has 4 heteroatoms. The van der Waals surface area contributed by atoms with Crippen LogP contribution >= 0.6 is 0 Å². The number of rotatable bonds is 6. The van der Waals surface area contributed by atoms with E-state index >= 15 is 0 Å². The molecule has 1 amide bonds. The van der Waals surface area contributed by atoms with Crippen molar-refractivity contribution in [1.29, 1.82) is 0 Å². The Morgan fingerprint density at radius 1 is 1.25 bits per heavy atom. The third kappa shape index (κ3) is 5.85. The zero-order valence-electron chi connectivity index (χ0n) is 9.96. The van der Waals surface area contributed by atoms with Crippen molar-refractivity contribution in [3.63, 3.8) is 0 Å². The number of Topliss-reactive ketones (excluding diaryl/α,β-unsaturated/α-hetero) is 1. The highest BCUT2D eigenvalue weighted by Gasteiger charge is 2.13. The highest BCUT2D eigenvalue weighted by Crippen LogP contribution is 2.17. The van der Waals surface area contributed by atoms with Gasteiger partial charge in [-0.3, -0.25) is 4.79 Å². The fourth-order valence-corrected chi connectivity index (χ4v) is 1.83. The Morgan fingerprint density at radius 2 is 1.94 bits per heavy atom. The molecule has 0 aromatic heterocycles. The Morgan fingerprint density at radius 3 is 2.56 bits per heavy atom. The van der Waals surface area contributed by atoms with Gasteiger partial charge in [-0.25, -0.2) is 0 Å². The second-order valence-corrected chi connectivity index (χ2v) is 4.40. The number of amides is 1. The van der Waals surface area contributed by atoms with Crippen molar-refractivity contribution >= 4 is 11.7 Å². The van der Waals surface area contributed by atoms with Crippen LogP contribution < -0.4 is 5.32 Å². The molecule has 1 rings (SSSR count). The van der Waals surface area contributed by atoms with E-state index in [1.165, 1.54) is 6.92 Å². The molecule has 0 spiro atoms. The van der Waals surface area contributed by atoms with Crippen LogP contribution in [0.1, 0.15) is 39.0 Å². The topological polar surface area (TPSA) is 55.4 Å². The van der Waals surface area contributed by atoms with Gasteiger partial charge in [0.1, 0.15) is 5.78 Å². The van der Waals surface area contributed by atoms with Crippen LogP contribution in [0.25, 0.3) is 0 Å². The highest BCUT2D eigenvalue weighted by atomic mass is 16.5. The zero-order chi connectivity index (χ0) is 11.8. The summed E-state index contributed by atoms with van der Waals surface area (Å²) in [5.41, 5.74) is 0. The summed E-state index contributed by atoms with van der Waals surface area (Å²) in [7, 11) is 0. The lowest BCUT2D eigenvalue weighted by Gasteiger charge is -2.21. The summed E-state index contributed by atoms with van der Waals surface area (Å²) in [4.78, 5) is 22.0. The van der Waals surface area contributed by atoms with Gasteiger partial charge in [0, 0.05) is 32.6 Å². The predicted octanol–water partition coefficient (Wildman–Crippen LogP) is 1.29. The molecule has 1 aliphatic rings. The SMILES string of the molecule is CC(=O)CCC(=O)NCCC1CCOCC1. The Balaban J connectivity index is 2.01. The van der Waals surface area contributed by atoms with Crippen LogP contribution in [0.4, 0.5) is 0 Å². The average Bonchev–Trinajstić information content (AvgIpc) is 2.28. The maximum Gasteiger partial charge on any atom is 0.220 e. The molecular weight excluding hydrogens is 206 g/mol. The molecule has 0 saturated carbocycles. The number of nitrogens with one attached hydrogen (secondary N) is 1. The van der Waals surface area contributed by atoms with Crippen LogP contribution in [-0.4, -0.2) is 31.4 Å². The Labute approximate surface area is 96.7 Å². The van der Waals surface area contributed by atoms with E-state index in [2.05, 4.69) is 5.32 Å². The van der Waals surface area contributed by atoms with Crippen molar-refractivity contribution in [2.75, 3.05) is 19.8 Å². The van der Waals surface area contributed by atoms with Gasteiger partial charge in [0.05, 0.1) is 0 Å². The van der Waals surface area contributed by atoms with Crippen LogP contribution in [0.15, 0.2) is 0 Å². The van der Waals surface area contributed by atoms with Crippen LogP contribution in [0.2, 0.25) is 0 Å². The molecule has 4 nitrogen and oxygen atoms in total. The first-order chi connectivity index (χ1) is 7.68. The average molecular weight is 227 g/mol. The van der Waals surface area contributed by atoms with E-state index in [-0.39, 0.29) is 11.7 Å². The number of hydrogen-bond acceptors (Lipinski definition) is 3. The van der Waals surface area contributed by atoms with Gasteiger partial charge in [-0.05, 0) is 32.1 Å². The molecule has 1 saturated heterocycles. The minimum Gasteiger partial charge on any atom is -0.381 e. The summed E-state index contributed by atoms with van der Waals surface area (Å²) in [6, 6.07) is 0. The van der Waals surface area contributed by atoms with E-state index in [1.807, 2.05) is 0 Å². The number of ether oxygens (including phenoxy) is 1. The van der Waals surface area contributed by atoms with Gasteiger partial charge in [0.25, 0.3) is 0 Å². The number of carbonyl (C=O) groups is 2. The second-order valence-electron chi connectivity index (χ2n) is 4.40. The minimum absolute atomic E-state index is 0.0118. The van der Waals surface area contributed by atoms with Crippen LogP contribution in [0, 0.1) is 5.92 Å². The summed E-state index contributed by atoms with van der Waals surface area (Å²) < 4.78 is 5.27. The largest absolute Gasteiger partial charge is 0.381 e. The fraction of sp³-hybridized carbons (Fsp3) is 0.833. The Hall–Kier alpha value is -0.900. The summed E-state index contributed by atoms with van der Waals surface area (Å²) >= 11 is 0. The molecule has 1 fully saturated rings. The number of carbonyl (C=O) groups excluding carboxylic acids is 2. The quantitative estimate of drug-likeness (QED) is 0.744. The monoisotopic (exact) mass is 227 g/mol. The second kappa shape index (κ2) is 7.39. The van der Waals surface area contributed by atoms with Gasteiger partial charge in [0.2, 0.25) is 5.91 Å². The smallest absolute Gasteiger partial charge is 0.220 e. The van der Waals surface area contributed by atoms with E-state index in [0.717, 1.165) is 39.0 Å². The van der Waals surface area contributed by atoms with Crippen molar-refractivity contribution in [3.8, 4) is 0 Å². The summed E-state index contributed by atoms with van der Waals surface area (Å²) in [5, 5.41) is 2.85. The van der Waals surface area contributed by atoms with Gasteiger partial charge in [-0.15, -0.1) is 0 Å². The molecular formula is C12H21NO3. The van der Waals surface area contributed by atoms with Crippen LogP contribution in [0.3, 0.4) is 0 Å². The van der Waals surface area contributed by atoms with Crippen molar-refractivity contribution in [2.24, 2.45) is 5.92 Å². The van der Waals surface area contributed by atoms with E-state index < -0.39 is 0 Å². The van der Waals surface area contributed by atoms with Crippen molar-refractivity contribution in [3.05, 3.63) is 0 Å². The van der Waals surface area contributed by atoms with E-state index in [1.54, 1.807) is 0 Å². The van der Waals surface area contributed by atoms with E-state index in [0.29, 0.717) is 18.8 Å². The van der Waals surface area contributed by atoms with Gasteiger partial charge in [0.15, 0.2) is 0 Å². The molecule has 0 atom stereocenters. The molecule has 0 aliphatic carbocycles. The lowest BCUT2D eigenvalue weighted by atomic mass is 9.97. The summed E-state index contributed by atoms with van der Waals surface area (Å²) in [6.45, 7) is 3.93.